The third-order valence-corrected chi connectivity index (χ3v) is 6.65. The van der Waals surface area contributed by atoms with Crippen molar-refractivity contribution in [2.45, 2.75) is 31.5 Å². The maximum atomic E-state index is 14.9. The molecule has 2 N–H and O–H groups in total. The van der Waals surface area contributed by atoms with Crippen LogP contribution in [0.15, 0.2) is 36.4 Å². The highest BCUT2D eigenvalue weighted by Gasteiger charge is 2.33. The van der Waals surface area contributed by atoms with Crippen LogP contribution in [0.2, 0.25) is 0 Å². The van der Waals surface area contributed by atoms with E-state index in [1.807, 2.05) is 4.90 Å². The fourth-order valence-corrected chi connectivity index (χ4v) is 4.67. The average molecular weight is 483 g/mol. The molecule has 2 aliphatic heterocycles. The molecule has 2 heterocycles. The first-order chi connectivity index (χ1) is 15.6. The molecule has 0 spiro atoms. The van der Waals surface area contributed by atoms with Crippen LogP contribution >= 0.6 is 0 Å². The van der Waals surface area contributed by atoms with E-state index < -0.39 is 39.7 Å². The van der Waals surface area contributed by atoms with Crippen molar-refractivity contribution in [1.29, 1.82) is 0 Å². The largest absolute Gasteiger partial charge is 0.444 e. The summed E-state index contributed by atoms with van der Waals surface area (Å²) in [6.45, 7) is 1.09. The van der Waals surface area contributed by atoms with Gasteiger partial charge in [-0.2, -0.15) is 8.42 Å². The number of rotatable bonds is 6. The van der Waals surface area contributed by atoms with Crippen molar-refractivity contribution in [1.82, 2.24) is 0 Å². The maximum Gasteiger partial charge on any atom is 0.414 e. The first-order valence-electron chi connectivity index (χ1n) is 10.6. The molecule has 1 amide bonds. The van der Waals surface area contributed by atoms with E-state index in [0.717, 1.165) is 6.07 Å². The van der Waals surface area contributed by atoms with Crippen LogP contribution in [-0.2, 0) is 14.9 Å². The SMILES string of the molecule is O=C1OC(CCS(=O)(=O)O)CN1c1ccc(-c2ccc(N3CCC(O)CC3)c(F)c2)c(F)c1. The minimum absolute atomic E-state index is 0.0149. The van der Waals surface area contributed by atoms with Crippen LogP contribution in [-0.4, -0.2) is 61.8 Å². The number of hydrogen-bond acceptors (Lipinski definition) is 6. The van der Waals surface area contributed by atoms with Gasteiger partial charge in [0.15, 0.2) is 0 Å². The highest BCUT2D eigenvalue weighted by atomic mass is 32.2. The number of benzene rings is 2. The Morgan fingerprint density at radius 3 is 2.42 bits per heavy atom. The number of cyclic esters (lactones) is 1. The highest BCUT2D eigenvalue weighted by Crippen LogP contribution is 2.32. The Morgan fingerprint density at radius 1 is 1.06 bits per heavy atom. The Kier molecular flexibility index (Phi) is 6.55. The van der Waals surface area contributed by atoms with E-state index >= 15 is 0 Å². The molecule has 0 aliphatic carbocycles. The molecule has 1 unspecified atom stereocenters. The summed E-state index contributed by atoms with van der Waals surface area (Å²) in [4.78, 5) is 15.2. The second-order valence-electron chi connectivity index (χ2n) is 8.24. The van der Waals surface area contributed by atoms with Gasteiger partial charge in [-0.25, -0.2) is 13.6 Å². The fourth-order valence-electron chi connectivity index (χ4n) is 4.11. The molecule has 2 aromatic carbocycles. The molecular formula is C22H24F2N2O6S. The Morgan fingerprint density at radius 2 is 1.79 bits per heavy atom. The minimum atomic E-state index is -4.19. The van der Waals surface area contributed by atoms with E-state index in [9.17, 15) is 27.1 Å². The van der Waals surface area contributed by atoms with Crippen molar-refractivity contribution in [3.05, 3.63) is 48.0 Å². The first kappa shape index (κ1) is 23.4. The molecule has 2 aliphatic rings. The molecule has 2 fully saturated rings. The molecule has 2 aromatic rings. The summed E-state index contributed by atoms with van der Waals surface area (Å²) >= 11 is 0. The van der Waals surface area contributed by atoms with Crippen molar-refractivity contribution in [2.24, 2.45) is 0 Å². The number of halogens is 2. The first-order valence-corrected chi connectivity index (χ1v) is 12.2. The molecule has 2 saturated heterocycles. The van der Waals surface area contributed by atoms with Crippen LogP contribution in [0.5, 0.6) is 0 Å². The molecule has 1 atom stereocenters. The maximum absolute atomic E-state index is 14.9. The van der Waals surface area contributed by atoms with E-state index in [-0.39, 0.29) is 30.3 Å². The third-order valence-electron chi connectivity index (χ3n) is 5.90. The second kappa shape index (κ2) is 9.24. The molecule has 0 radical (unpaired) electrons. The number of amides is 1. The molecule has 178 valence electrons. The predicted octanol–water partition coefficient (Wildman–Crippen LogP) is 3.20. The van der Waals surface area contributed by atoms with Gasteiger partial charge in [-0.1, -0.05) is 6.07 Å². The molecule has 11 heteroatoms. The van der Waals surface area contributed by atoms with Gasteiger partial charge in [-0.3, -0.25) is 9.45 Å². The van der Waals surface area contributed by atoms with Crippen LogP contribution in [0.3, 0.4) is 0 Å². The van der Waals surface area contributed by atoms with Gasteiger partial charge < -0.3 is 14.7 Å². The zero-order valence-corrected chi connectivity index (χ0v) is 18.5. The van der Waals surface area contributed by atoms with Gasteiger partial charge in [0.05, 0.1) is 29.8 Å². The standard InChI is InChI=1S/C22H24F2N2O6S/c23-19-12-15(26-13-17(32-22(26)28)7-10-33(29,30)31)2-3-18(19)14-1-4-21(20(24)11-14)25-8-5-16(27)6-9-25/h1-4,11-12,16-17,27H,5-10,13H2,(H,29,30,31). The topological polar surface area (TPSA) is 107 Å². The normalized spacial score (nSPS) is 19.8. The molecule has 33 heavy (non-hydrogen) atoms. The molecule has 0 aromatic heterocycles. The lowest BCUT2D eigenvalue weighted by molar-refractivity contribution is 0.139. The summed E-state index contributed by atoms with van der Waals surface area (Å²) in [5.74, 6) is -1.70. The molecular weight excluding hydrogens is 458 g/mol. The van der Waals surface area contributed by atoms with Gasteiger partial charge >= 0.3 is 6.09 Å². The Bertz CT molecular complexity index is 1150. The fraction of sp³-hybridized carbons (Fsp3) is 0.409. The lowest BCUT2D eigenvalue weighted by atomic mass is 10.0. The Balaban J connectivity index is 1.49. The quantitative estimate of drug-likeness (QED) is 0.609. The zero-order valence-electron chi connectivity index (χ0n) is 17.7. The summed E-state index contributed by atoms with van der Waals surface area (Å²) in [5.41, 5.74) is 1.12. The van der Waals surface area contributed by atoms with Crippen molar-refractivity contribution < 1.29 is 36.4 Å². The van der Waals surface area contributed by atoms with Gasteiger partial charge in [-0.05, 0) is 48.7 Å². The van der Waals surface area contributed by atoms with Crippen LogP contribution in [0, 0.1) is 11.6 Å². The number of hydrogen-bond donors (Lipinski definition) is 2. The summed E-state index contributed by atoms with van der Waals surface area (Å²) in [6, 6.07) is 8.55. The number of piperidine rings is 1. The predicted molar refractivity (Wildman–Crippen MR) is 118 cm³/mol. The monoisotopic (exact) mass is 482 g/mol. The van der Waals surface area contributed by atoms with Gasteiger partial charge in [0.25, 0.3) is 10.1 Å². The Hall–Kier alpha value is -2.76. The third kappa shape index (κ3) is 5.43. The van der Waals surface area contributed by atoms with Crippen LogP contribution in [0.4, 0.5) is 25.0 Å². The van der Waals surface area contributed by atoms with E-state index in [2.05, 4.69) is 0 Å². The Labute approximate surface area is 190 Å². The number of aliphatic hydroxyl groups is 1. The minimum Gasteiger partial charge on any atom is -0.444 e. The zero-order chi connectivity index (χ0) is 23.8. The van der Waals surface area contributed by atoms with Crippen LogP contribution < -0.4 is 9.80 Å². The smallest absolute Gasteiger partial charge is 0.414 e. The summed E-state index contributed by atoms with van der Waals surface area (Å²) in [6.07, 6.45) is -0.824. The van der Waals surface area contributed by atoms with E-state index in [0.29, 0.717) is 37.2 Å². The van der Waals surface area contributed by atoms with Crippen molar-refractivity contribution in [3.63, 3.8) is 0 Å². The van der Waals surface area contributed by atoms with Crippen LogP contribution in [0.25, 0.3) is 11.1 Å². The number of carbonyl (C=O) groups is 1. The summed E-state index contributed by atoms with van der Waals surface area (Å²) < 4.78 is 65.4. The van der Waals surface area contributed by atoms with E-state index in [4.69, 9.17) is 9.29 Å². The van der Waals surface area contributed by atoms with Crippen molar-refractivity contribution >= 4 is 27.6 Å². The summed E-state index contributed by atoms with van der Waals surface area (Å²) in [7, 11) is -4.19. The number of aliphatic hydroxyl groups excluding tert-OH is 1. The molecule has 8 nitrogen and oxygen atoms in total. The van der Waals surface area contributed by atoms with Crippen LogP contribution in [0.1, 0.15) is 19.3 Å². The number of carbonyl (C=O) groups excluding carboxylic acids is 1. The average Bonchev–Trinajstić information content (AvgIpc) is 3.13. The number of ether oxygens (including phenoxy) is 1. The highest BCUT2D eigenvalue weighted by molar-refractivity contribution is 7.85. The summed E-state index contributed by atoms with van der Waals surface area (Å²) in [5, 5.41) is 9.63. The van der Waals surface area contributed by atoms with E-state index in [1.165, 1.54) is 23.1 Å². The van der Waals surface area contributed by atoms with Crippen molar-refractivity contribution in [3.8, 4) is 11.1 Å². The molecule has 0 bridgehead atoms. The lowest BCUT2D eigenvalue weighted by Gasteiger charge is -2.31. The lowest BCUT2D eigenvalue weighted by Crippen LogP contribution is -2.36. The van der Waals surface area contributed by atoms with E-state index in [1.54, 1.807) is 12.1 Å². The van der Waals surface area contributed by atoms with Gasteiger partial charge in [0.1, 0.15) is 17.7 Å². The van der Waals surface area contributed by atoms with Crippen molar-refractivity contribution in [2.75, 3.05) is 35.2 Å². The molecule has 4 rings (SSSR count). The van der Waals surface area contributed by atoms with Gasteiger partial charge in [-0.15, -0.1) is 0 Å². The van der Waals surface area contributed by atoms with Gasteiger partial charge in [0, 0.05) is 25.1 Å². The van der Waals surface area contributed by atoms with Gasteiger partial charge in [0.2, 0.25) is 0 Å². The molecule has 0 saturated carbocycles. The number of nitrogens with zero attached hydrogens (tertiary/aromatic N) is 2. The second-order valence-corrected chi connectivity index (χ2v) is 9.81. The number of anilines is 2.